The van der Waals surface area contributed by atoms with Crippen molar-refractivity contribution < 1.29 is 4.39 Å². The molecule has 2 rings (SSSR count). The van der Waals surface area contributed by atoms with Gasteiger partial charge in [0.1, 0.15) is 5.82 Å². The molecular formula is C14H16ClFN4O. The molecule has 7 heteroatoms. The lowest BCUT2D eigenvalue weighted by Crippen LogP contribution is -2.29. The van der Waals surface area contributed by atoms with Gasteiger partial charge in [0.25, 0.3) is 5.56 Å². The summed E-state index contributed by atoms with van der Waals surface area (Å²) in [7, 11) is 1.82. The van der Waals surface area contributed by atoms with Gasteiger partial charge in [-0.2, -0.15) is 5.10 Å². The van der Waals surface area contributed by atoms with E-state index in [1.54, 1.807) is 6.20 Å². The van der Waals surface area contributed by atoms with Crippen LogP contribution in [0.25, 0.3) is 0 Å². The second-order valence-corrected chi connectivity index (χ2v) is 5.09. The van der Waals surface area contributed by atoms with E-state index in [1.807, 2.05) is 11.9 Å². The Labute approximate surface area is 126 Å². The highest BCUT2D eigenvalue weighted by Gasteiger charge is 2.08. The number of hydrogen-bond donors (Lipinski definition) is 1. The fourth-order valence-electron chi connectivity index (χ4n) is 1.90. The molecule has 2 N–H and O–H groups in total. The molecule has 2 aromatic rings. The predicted octanol–water partition coefficient (Wildman–Crippen LogP) is 1.48. The lowest BCUT2D eigenvalue weighted by Gasteiger charge is -2.17. The molecule has 1 heterocycles. The van der Waals surface area contributed by atoms with Crippen molar-refractivity contribution in [3.8, 4) is 0 Å². The van der Waals surface area contributed by atoms with Crippen molar-refractivity contribution in [2.75, 3.05) is 25.0 Å². The van der Waals surface area contributed by atoms with Crippen molar-refractivity contribution in [2.45, 2.75) is 6.54 Å². The quantitative estimate of drug-likeness (QED) is 0.908. The molecule has 0 saturated carbocycles. The van der Waals surface area contributed by atoms with Gasteiger partial charge in [-0.3, -0.25) is 4.79 Å². The smallest absolute Gasteiger partial charge is 0.269 e. The molecule has 5 nitrogen and oxygen atoms in total. The summed E-state index contributed by atoms with van der Waals surface area (Å²) >= 11 is 5.83. The van der Waals surface area contributed by atoms with Crippen LogP contribution in [0.5, 0.6) is 0 Å². The van der Waals surface area contributed by atoms with E-state index >= 15 is 0 Å². The van der Waals surface area contributed by atoms with Crippen LogP contribution >= 0.6 is 11.6 Å². The number of likely N-dealkylation sites (N-methyl/N-ethyl adjacent to an activating group) is 1. The Bertz CT molecular complexity index is 689. The number of nitrogens with two attached hydrogens (primary N) is 1. The SMILES string of the molecule is CN(CCN)c1cnn(Cc2cc(Cl)ccc2F)c(=O)c1. The van der Waals surface area contributed by atoms with E-state index in [-0.39, 0.29) is 12.1 Å². The summed E-state index contributed by atoms with van der Waals surface area (Å²) in [6.07, 6.45) is 1.56. The van der Waals surface area contributed by atoms with Crippen LogP contribution in [0.4, 0.5) is 10.1 Å². The van der Waals surface area contributed by atoms with E-state index in [1.165, 1.54) is 28.9 Å². The minimum atomic E-state index is -0.419. The molecule has 0 saturated heterocycles. The van der Waals surface area contributed by atoms with E-state index in [2.05, 4.69) is 5.10 Å². The molecule has 0 atom stereocenters. The zero-order valence-corrected chi connectivity index (χ0v) is 12.3. The van der Waals surface area contributed by atoms with Crippen LogP contribution in [0.3, 0.4) is 0 Å². The molecule has 0 radical (unpaired) electrons. The molecule has 0 aliphatic carbocycles. The molecule has 0 spiro atoms. The highest BCUT2D eigenvalue weighted by Crippen LogP contribution is 2.15. The molecule has 1 aromatic carbocycles. The standard InChI is InChI=1S/C14H16ClFN4O/c1-19(5-4-17)12-7-14(21)20(18-8-12)9-10-6-11(15)2-3-13(10)16/h2-3,6-8H,4-5,9,17H2,1H3. The van der Waals surface area contributed by atoms with Crippen LogP contribution < -0.4 is 16.2 Å². The Morgan fingerprint density at radius 3 is 2.86 bits per heavy atom. The maximum Gasteiger partial charge on any atom is 0.269 e. The minimum absolute atomic E-state index is 0.0338. The van der Waals surface area contributed by atoms with E-state index < -0.39 is 5.82 Å². The van der Waals surface area contributed by atoms with Crippen LogP contribution in [0, 0.1) is 5.82 Å². The van der Waals surface area contributed by atoms with Gasteiger partial charge in [0.15, 0.2) is 0 Å². The molecule has 0 bridgehead atoms. The third-order valence-electron chi connectivity index (χ3n) is 3.09. The third-order valence-corrected chi connectivity index (χ3v) is 3.32. The first kappa shape index (κ1) is 15.5. The normalized spacial score (nSPS) is 10.7. The van der Waals surface area contributed by atoms with E-state index in [9.17, 15) is 9.18 Å². The Hall–Kier alpha value is -1.92. The van der Waals surface area contributed by atoms with Gasteiger partial charge in [0.2, 0.25) is 0 Å². The summed E-state index contributed by atoms with van der Waals surface area (Å²) in [5.74, 6) is -0.419. The number of nitrogens with zero attached hydrogens (tertiary/aromatic N) is 3. The van der Waals surface area contributed by atoms with Crippen molar-refractivity contribution in [3.05, 3.63) is 57.2 Å². The molecule has 0 unspecified atom stereocenters. The van der Waals surface area contributed by atoms with Gasteiger partial charge < -0.3 is 10.6 Å². The van der Waals surface area contributed by atoms with Crippen LogP contribution in [-0.4, -0.2) is 29.9 Å². The molecular weight excluding hydrogens is 295 g/mol. The maximum atomic E-state index is 13.7. The van der Waals surface area contributed by atoms with Crippen LogP contribution in [0.15, 0.2) is 35.3 Å². The third kappa shape index (κ3) is 3.80. The zero-order valence-electron chi connectivity index (χ0n) is 11.6. The average Bonchev–Trinajstić information content (AvgIpc) is 2.45. The van der Waals surface area contributed by atoms with Gasteiger partial charge in [-0.25, -0.2) is 9.07 Å². The second kappa shape index (κ2) is 6.69. The summed E-state index contributed by atoms with van der Waals surface area (Å²) in [5, 5.41) is 4.48. The summed E-state index contributed by atoms with van der Waals surface area (Å²) < 4.78 is 14.9. The Morgan fingerprint density at radius 1 is 1.43 bits per heavy atom. The number of rotatable bonds is 5. The van der Waals surface area contributed by atoms with Gasteiger partial charge >= 0.3 is 0 Å². The Kier molecular flexibility index (Phi) is 4.93. The first-order valence-electron chi connectivity index (χ1n) is 6.43. The molecule has 112 valence electrons. The molecule has 1 aromatic heterocycles. The summed E-state index contributed by atoms with van der Waals surface area (Å²) in [6, 6.07) is 5.66. The zero-order chi connectivity index (χ0) is 15.4. The number of halogens is 2. The topological polar surface area (TPSA) is 64.2 Å². The van der Waals surface area contributed by atoms with Gasteiger partial charge in [0, 0.05) is 36.8 Å². The monoisotopic (exact) mass is 310 g/mol. The van der Waals surface area contributed by atoms with Crippen molar-refractivity contribution in [3.63, 3.8) is 0 Å². The molecule has 0 aliphatic rings. The summed E-state index contributed by atoms with van der Waals surface area (Å²) in [6.45, 7) is 1.13. The Morgan fingerprint density at radius 2 is 2.19 bits per heavy atom. The van der Waals surface area contributed by atoms with Crippen LogP contribution in [0.2, 0.25) is 5.02 Å². The van der Waals surface area contributed by atoms with Crippen molar-refractivity contribution >= 4 is 17.3 Å². The highest BCUT2D eigenvalue weighted by molar-refractivity contribution is 6.30. The minimum Gasteiger partial charge on any atom is -0.372 e. The van der Waals surface area contributed by atoms with Gasteiger partial charge in [0.05, 0.1) is 18.4 Å². The van der Waals surface area contributed by atoms with E-state index in [0.717, 1.165) is 0 Å². The lowest BCUT2D eigenvalue weighted by atomic mass is 10.2. The van der Waals surface area contributed by atoms with Crippen molar-refractivity contribution in [1.29, 1.82) is 0 Å². The summed E-state index contributed by atoms with van der Waals surface area (Å²) in [5.41, 5.74) is 6.15. The van der Waals surface area contributed by atoms with E-state index in [4.69, 9.17) is 17.3 Å². The number of benzene rings is 1. The molecule has 21 heavy (non-hydrogen) atoms. The fourth-order valence-corrected chi connectivity index (χ4v) is 2.09. The van der Waals surface area contributed by atoms with Gasteiger partial charge in [-0.15, -0.1) is 0 Å². The number of hydrogen-bond acceptors (Lipinski definition) is 4. The van der Waals surface area contributed by atoms with Gasteiger partial charge in [-0.1, -0.05) is 11.6 Å². The largest absolute Gasteiger partial charge is 0.372 e. The predicted molar refractivity (Wildman–Crippen MR) is 81.3 cm³/mol. The van der Waals surface area contributed by atoms with Crippen molar-refractivity contribution in [1.82, 2.24) is 9.78 Å². The molecule has 0 fully saturated rings. The summed E-state index contributed by atoms with van der Waals surface area (Å²) in [4.78, 5) is 13.9. The highest BCUT2D eigenvalue weighted by atomic mass is 35.5. The van der Waals surface area contributed by atoms with E-state index in [0.29, 0.717) is 29.4 Å². The number of anilines is 1. The van der Waals surface area contributed by atoms with Crippen LogP contribution in [0.1, 0.15) is 5.56 Å². The van der Waals surface area contributed by atoms with Gasteiger partial charge in [-0.05, 0) is 18.2 Å². The molecule has 0 amide bonds. The average molecular weight is 311 g/mol. The maximum absolute atomic E-state index is 13.7. The lowest BCUT2D eigenvalue weighted by molar-refractivity contribution is 0.572. The molecule has 0 aliphatic heterocycles. The van der Waals surface area contributed by atoms with Crippen molar-refractivity contribution in [2.24, 2.45) is 5.73 Å². The first-order valence-corrected chi connectivity index (χ1v) is 6.81. The van der Waals surface area contributed by atoms with Crippen LogP contribution in [-0.2, 0) is 6.54 Å². The Balaban J connectivity index is 2.25. The second-order valence-electron chi connectivity index (χ2n) is 4.66. The first-order chi connectivity index (χ1) is 10.0. The number of aromatic nitrogens is 2. The fraction of sp³-hybridized carbons (Fsp3) is 0.286.